The Morgan fingerprint density at radius 3 is 2.53 bits per heavy atom. The standard InChI is InChI=1S/C22H20ClNO5S/c1-14(2)29-20(25)12-24-21(26)19(30-22(24)27)11-16-5-3-4-6-18(16)28-13-15-7-9-17(23)10-8-15/h3-11,14H,12-13H2,1-2H3/b19-11+. The molecule has 2 aromatic carbocycles. The lowest BCUT2D eigenvalue weighted by molar-refractivity contribution is -0.149. The summed E-state index contributed by atoms with van der Waals surface area (Å²) < 4.78 is 10.9. The highest BCUT2D eigenvalue weighted by molar-refractivity contribution is 8.18. The minimum atomic E-state index is -0.625. The van der Waals surface area contributed by atoms with Crippen molar-refractivity contribution < 1.29 is 23.9 Å². The number of ether oxygens (including phenoxy) is 2. The second-order valence-electron chi connectivity index (χ2n) is 6.76. The molecule has 0 aliphatic carbocycles. The van der Waals surface area contributed by atoms with Gasteiger partial charge in [0, 0.05) is 10.6 Å². The van der Waals surface area contributed by atoms with Crippen LogP contribution in [0.25, 0.3) is 6.08 Å². The Morgan fingerprint density at radius 2 is 1.83 bits per heavy atom. The third-order valence-electron chi connectivity index (χ3n) is 4.04. The molecule has 0 atom stereocenters. The largest absolute Gasteiger partial charge is 0.488 e. The summed E-state index contributed by atoms with van der Waals surface area (Å²) in [7, 11) is 0. The number of halogens is 1. The quantitative estimate of drug-likeness (QED) is 0.445. The SMILES string of the molecule is CC(C)OC(=O)CN1C(=O)S/C(=C/c2ccccc2OCc2ccc(Cl)cc2)C1=O. The number of rotatable bonds is 7. The van der Waals surface area contributed by atoms with Crippen molar-refractivity contribution in [3.05, 3.63) is 69.6 Å². The molecule has 156 valence electrons. The fraction of sp³-hybridized carbons (Fsp3) is 0.227. The van der Waals surface area contributed by atoms with E-state index in [1.54, 1.807) is 44.2 Å². The second kappa shape index (κ2) is 9.82. The Hall–Kier alpha value is -2.77. The minimum Gasteiger partial charge on any atom is -0.488 e. The van der Waals surface area contributed by atoms with Crippen molar-refractivity contribution in [2.45, 2.75) is 26.6 Å². The number of amides is 2. The first-order chi connectivity index (χ1) is 14.3. The lowest BCUT2D eigenvalue weighted by Crippen LogP contribution is -2.35. The fourth-order valence-electron chi connectivity index (χ4n) is 2.68. The maximum Gasteiger partial charge on any atom is 0.326 e. The van der Waals surface area contributed by atoms with Crippen LogP contribution in [0.2, 0.25) is 5.02 Å². The topological polar surface area (TPSA) is 72.9 Å². The third-order valence-corrected chi connectivity index (χ3v) is 5.20. The molecule has 0 spiro atoms. The first-order valence-electron chi connectivity index (χ1n) is 9.24. The number of carbonyl (C=O) groups excluding carboxylic acids is 3. The molecule has 0 saturated carbocycles. The number of hydrogen-bond acceptors (Lipinski definition) is 6. The Bertz CT molecular complexity index is 987. The highest BCUT2D eigenvalue weighted by Crippen LogP contribution is 2.34. The maximum atomic E-state index is 12.6. The zero-order valence-electron chi connectivity index (χ0n) is 16.5. The third kappa shape index (κ3) is 5.64. The molecule has 8 heteroatoms. The lowest BCUT2D eigenvalue weighted by Gasteiger charge is -2.13. The molecule has 1 heterocycles. The summed E-state index contributed by atoms with van der Waals surface area (Å²) in [6.07, 6.45) is 1.27. The predicted octanol–water partition coefficient (Wildman–Crippen LogP) is 4.91. The van der Waals surface area contributed by atoms with E-state index in [9.17, 15) is 14.4 Å². The molecule has 30 heavy (non-hydrogen) atoms. The number of hydrogen-bond donors (Lipinski definition) is 0. The average Bonchev–Trinajstić information content (AvgIpc) is 2.95. The first-order valence-corrected chi connectivity index (χ1v) is 10.4. The van der Waals surface area contributed by atoms with E-state index < -0.39 is 23.7 Å². The zero-order valence-corrected chi connectivity index (χ0v) is 18.0. The normalized spacial score (nSPS) is 15.2. The van der Waals surface area contributed by atoms with E-state index in [1.807, 2.05) is 24.3 Å². The highest BCUT2D eigenvalue weighted by Gasteiger charge is 2.37. The van der Waals surface area contributed by atoms with Crippen molar-refractivity contribution in [3.63, 3.8) is 0 Å². The van der Waals surface area contributed by atoms with Gasteiger partial charge in [-0.2, -0.15) is 0 Å². The van der Waals surface area contributed by atoms with Crippen LogP contribution < -0.4 is 4.74 Å². The molecule has 1 fully saturated rings. The summed E-state index contributed by atoms with van der Waals surface area (Å²) in [6, 6.07) is 14.5. The highest BCUT2D eigenvalue weighted by atomic mass is 35.5. The summed E-state index contributed by atoms with van der Waals surface area (Å²) in [5.74, 6) is -0.586. The smallest absolute Gasteiger partial charge is 0.326 e. The average molecular weight is 446 g/mol. The van der Waals surface area contributed by atoms with Gasteiger partial charge in [-0.15, -0.1) is 0 Å². The Morgan fingerprint density at radius 1 is 1.13 bits per heavy atom. The van der Waals surface area contributed by atoms with Crippen LogP contribution in [0.4, 0.5) is 4.79 Å². The van der Waals surface area contributed by atoms with Crippen molar-refractivity contribution in [2.75, 3.05) is 6.54 Å². The van der Waals surface area contributed by atoms with E-state index in [2.05, 4.69) is 0 Å². The van der Waals surface area contributed by atoms with Gasteiger partial charge in [0.1, 0.15) is 18.9 Å². The van der Waals surface area contributed by atoms with Gasteiger partial charge in [0.05, 0.1) is 11.0 Å². The van der Waals surface area contributed by atoms with Gasteiger partial charge in [-0.05, 0) is 55.4 Å². The van der Waals surface area contributed by atoms with Crippen molar-refractivity contribution in [2.24, 2.45) is 0 Å². The van der Waals surface area contributed by atoms with Gasteiger partial charge in [-0.25, -0.2) is 0 Å². The van der Waals surface area contributed by atoms with Crippen LogP contribution in [0, 0.1) is 0 Å². The van der Waals surface area contributed by atoms with Gasteiger partial charge in [0.15, 0.2) is 0 Å². The van der Waals surface area contributed by atoms with Crippen LogP contribution in [-0.2, 0) is 20.9 Å². The number of carbonyl (C=O) groups is 3. The molecule has 0 unspecified atom stereocenters. The molecule has 0 bridgehead atoms. The number of nitrogens with zero attached hydrogens (tertiary/aromatic N) is 1. The van der Waals surface area contributed by atoms with Gasteiger partial charge in [0.2, 0.25) is 0 Å². The second-order valence-corrected chi connectivity index (χ2v) is 8.19. The van der Waals surface area contributed by atoms with Gasteiger partial charge in [-0.1, -0.05) is 41.9 Å². The molecule has 1 aliphatic rings. The molecule has 0 radical (unpaired) electrons. The van der Waals surface area contributed by atoms with E-state index in [-0.39, 0.29) is 11.0 Å². The van der Waals surface area contributed by atoms with Gasteiger partial charge in [-0.3, -0.25) is 19.3 Å². The molecule has 2 amide bonds. The molecule has 1 aliphatic heterocycles. The first kappa shape index (κ1) is 21.9. The number of esters is 1. The zero-order chi connectivity index (χ0) is 21.7. The van der Waals surface area contributed by atoms with Crippen LogP contribution >= 0.6 is 23.4 Å². The van der Waals surface area contributed by atoms with Crippen LogP contribution in [0.5, 0.6) is 5.75 Å². The van der Waals surface area contributed by atoms with Crippen molar-refractivity contribution >= 4 is 46.6 Å². The lowest BCUT2D eigenvalue weighted by atomic mass is 10.1. The fourth-order valence-corrected chi connectivity index (χ4v) is 3.63. The van der Waals surface area contributed by atoms with E-state index in [0.717, 1.165) is 22.2 Å². The van der Waals surface area contributed by atoms with Crippen LogP contribution in [0.15, 0.2) is 53.4 Å². The van der Waals surface area contributed by atoms with Crippen LogP contribution in [-0.4, -0.2) is 34.7 Å². The van der Waals surface area contributed by atoms with E-state index in [0.29, 0.717) is 22.9 Å². The number of para-hydroxylation sites is 1. The molecule has 0 N–H and O–H groups in total. The number of benzene rings is 2. The summed E-state index contributed by atoms with van der Waals surface area (Å²) >= 11 is 6.68. The molecule has 1 saturated heterocycles. The van der Waals surface area contributed by atoms with E-state index in [4.69, 9.17) is 21.1 Å². The molecule has 6 nitrogen and oxygen atoms in total. The van der Waals surface area contributed by atoms with Crippen LogP contribution in [0.1, 0.15) is 25.0 Å². The Kier molecular flexibility index (Phi) is 7.18. The minimum absolute atomic E-state index is 0.222. The van der Waals surface area contributed by atoms with E-state index >= 15 is 0 Å². The van der Waals surface area contributed by atoms with Crippen LogP contribution in [0.3, 0.4) is 0 Å². The summed E-state index contributed by atoms with van der Waals surface area (Å²) in [5, 5.41) is 0.138. The molecule has 3 rings (SSSR count). The molecule has 2 aromatic rings. The number of thioether (sulfide) groups is 1. The predicted molar refractivity (Wildman–Crippen MR) is 116 cm³/mol. The summed E-state index contributed by atoms with van der Waals surface area (Å²) in [5.41, 5.74) is 1.60. The number of imide groups is 1. The van der Waals surface area contributed by atoms with Gasteiger partial charge in [0.25, 0.3) is 11.1 Å². The molecular formula is C22H20ClNO5S. The summed E-state index contributed by atoms with van der Waals surface area (Å²) in [4.78, 5) is 37.8. The molecular weight excluding hydrogens is 426 g/mol. The van der Waals surface area contributed by atoms with Gasteiger partial charge < -0.3 is 9.47 Å². The van der Waals surface area contributed by atoms with Crippen molar-refractivity contribution in [1.82, 2.24) is 4.90 Å². The maximum absolute atomic E-state index is 12.6. The van der Waals surface area contributed by atoms with Crippen molar-refractivity contribution in [1.29, 1.82) is 0 Å². The molecule has 0 aromatic heterocycles. The van der Waals surface area contributed by atoms with Crippen molar-refractivity contribution in [3.8, 4) is 5.75 Å². The monoisotopic (exact) mass is 445 g/mol. The Balaban J connectivity index is 1.73. The Labute approximate surface area is 183 Å². The summed E-state index contributed by atoms with van der Waals surface area (Å²) in [6.45, 7) is 3.32. The van der Waals surface area contributed by atoms with Gasteiger partial charge >= 0.3 is 5.97 Å². The van der Waals surface area contributed by atoms with E-state index in [1.165, 1.54) is 0 Å².